The van der Waals surface area contributed by atoms with Crippen molar-refractivity contribution in [2.45, 2.75) is 25.9 Å². The quantitative estimate of drug-likeness (QED) is 0.921. The van der Waals surface area contributed by atoms with Gasteiger partial charge in [-0.2, -0.15) is 0 Å². The Morgan fingerprint density at radius 3 is 2.95 bits per heavy atom. The summed E-state index contributed by atoms with van der Waals surface area (Å²) in [6.45, 7) is 6.37. The minimum Gasteiger partial charge on any atom is -0.357 e. The van der Waals surface area contributed by atoms with Gasteiger partial charge in [0.05, 0.1) is 0 Å². The fraction of sp³-hybridized carbons (Fsp3) is 0.500. The van der Waals surface area contributed by atoms with E-state index >= 15 is 0 Å². The number of pyridine rings is 1. The van der Waals surface area contributed by atoms with E-state index in [1.807, 2.05) is 19.1 Å². The van der Waals surface area contributed by atoms with Crippen LogP contribution in [0.4, 0.5) is 0 Å². The van der Waals surface area contributed by atoms with E-state index in [1.165, 1.54) is 13.0 Å². The second-order valence-electron chi connectivity index (χ2n) is 7.00. The molecule has 3 heterocycles. The Balaban J connectivity index is 1.58. The highest BCUT2D eigenvalue weighted by Crippen LogP contribution is 2.30. The molecule has 1 N–H and O–H groups in total. The summed E-state index contributed by atoms with van der Waals surface area (Å²) in [5.41, 5.74) is 3.23. The number of nitrogens with zero attached hydrogens (tertiary/aromatic N) is 2. The minimum absolute atomic E-state index is 0.129. The summed E-state index contributed by atoms with van der Waals surface area (Å²) in [6, 6.07) is 8.52. The number of nitrogens with one attached hydrogen (secondary N) is 1. The zero-order valence-corrected chi connectivity index (χ0v) is 13.3. The fourth-order valence-corrected chi connectivity index (χ4v) is 4.13. The van der Waals surface area contributed by atoms with Crippen molar-refractivity contribution in [1.29, 1.82) is 0 Å². The standard InChI is InChI=1S/C18H23N3O/c1-12-3-4-16-15(7-12)18(22)8-14(19-16)10-21-9-13-5-6-20(2)17(13)11-21/h3-4,7-8,13,17H,5-6,9-11H2,1-2H3,(H,19,22)/t13-,17+/m0/s1. The largest absolute Gasteiger partial charge is 0.357 e. The van der Waals surface area contributed by atoms with Crippen LogP contribution in [0, 0.1) is 12.8 Å². The number of aryl methyl sites for hydroxylation is 1. The Morgan fingerprint density at radius 1 is 1.27 bits per heavy atom. The van der Waals surface area contributed by atoms with Crippen LogP contribution in [0.25, 0.3) is 10.9 Å². The second-order valence-corrected chi connectivity index (χ2v) is 7.00. The zero-order chi connectivity index (χ0) is 15.3. The van der Waals surface area contributed by atoms with E-state index in [2.05, 4.69) is 27.9 Å². The minimum atomic E-state index is 0.129. The first-order chi connectivity index (χ1) is 10.6. The van der Waals surface area contributed by atoms with Crippen molar-refractivity contribution in [2.24, 2.45) is 5.92 Å². The number of likely N-dealkylation sites (tertiary alicyclic amines) is 2. The van der Waals surface area contributed by atoms with Gasteiger partial charge in [-0.15, -0.1) is 0 Å². The van der Waals surface area contributed by atoms with Crippen molar-refractivity contribution in [2.75, 3.05) is 26.7 Å². The molecule has 0 unspecified atom stereocenters. The van der Waals surface area contributed by atoms with Crippen LogP contribution in [0.3, 0.4) is 0 Å². The van der Waals surface area contributed by atoms with Gasteiger partial charge < -0.3 is 9.88 Å². The molecule has 2 aliphatic heterocycles. The highest BCUT2D eigenvalue weighted by Gasteiger charge is 2.39. The molecular weight excluding hydrogens is 274 g/mol. The van der Waals surface area contributed by atoms with E-state index < -0.39 is 0 Å². The molecule has 2 aromatic rings. The van der Waals surface area contributed by atoms with Gasteiger partial charge in [-0.05, 0) is 45.0 Å². The number of likely N-dealkylation sites (N-methyl/N-ethyl adjacent to an activating group) is 1. The van der Waals surface area contributed by atoms with Crippen LogP contribution in [0.2, 0.25) is 0 Å². The number of fused-ring (bicyclic) bond motifs is 2. The lowest BCUT2D eigenvalue weighted by Crippen LogP contribution is -2.32. The van der Waals surface area contributed by atoms with E-state index in [9.17, 15) is 4.79 Å². The van der Waals surface area contributed by atoms with Gasteiger partial charge in [0, 0.05) is 48.3 Å². The number of aromatic nitrogens is 1. The smallest absolute Gasteiger partial charge is 0.189 e. The number of hydrogen-bond donors (Lipinski definition) is 1. The van der Waals surface area contributed by atoms with E-state index in [0.29, 0.717) is 6.04 Å². The molecule has 1 aromatic carbocycles. The lowest BCUT2D eigenvalue weighted by molar-refractivity contribution is 0.254. The Bertz CT molecular complexity index is 767. The molecule has 2 fully saturated rings. The molecule has 1 aromatic heterocycles. The summed E-state index contributed by atoms with van der Waals surface area (Å²) in [6.07, 6.45) is 1.31. The molecule has 4 rings (SSSR count). The van der Waals surface area contributed by atoms with E-state index in [-0.39, 0.29) is 5.43 Å². The highest BCUT2D eigenvalue weighted by molar-refractivity contribution is 5.79. The fourth-order valence-electron chi connectivity index (χ4n) is 4.13. The lowest BCUT2D eigenvalue weighted by atomic mass is 10.1. The normalized spacial score (nSPS) is 25.9. The van der Waals surface area contributed by atoms with Crippen LogP contribution in [-0.2, 0) is 6.54 Å². The van der Waals surface area contributed by atoms with Gasteiger partial charge in [0.25, 0.3) is 0 Å². The molecule has 0 aliphatic carbocycles. The molecular formula is C18H23N3O. The number of rotatable bonds is 2. The summed E-state index contributed by atoms with van der Waals surface area (Å²) >= 11 is 0. The first kappa shape index (κ1) is 14.0. The van der Waals surface area contributed by atoms with Crippen LogP contribution in [-0.4, -0.2) is 47.5 Å². The van der Waals surface area contributed by atoms with Gasteiger partial charge in [-0.25, -0.2) is 0 Å². The topological polar surface area (TPSA) is 39.3 Å². The van der Waals surface area contributed by atoms with Crippen molar-refractivity contribution in [1.82, 2.24) is 14.8 Å². The van der Waals surface area contributed by atoms with Gasteiger partial charge in [-0.1, -0.05) is 11.6 Å². The summed E-state index contributed by atoms with van der Waals surface area (Å²) in [5, 5.41) is 0.793. The van der Waals surface area contributed by atoms with Crippen molar-refractivity contribution in [3.63, 3.8) is 0 Å². The first-order valence-corrected chi connectivity index (χ1v) is 8.15. The zero-order valence-electron chi connectivity index (χ0n) is 13.3. The summed E-state index contributed by atoms with van der Waals surface area (Å²) in [4.78, 5) is 20.7. The van der Waals surface area contributed by atoms with E-state index in [1.54, 1.807) is 6.07 Å². The Hall–Kier alpha value is -1.65. The predicted molar refractivity (Wildman–Crippen MR) is 89.1 cm³/mol. The van der Waals surface area contributed by atoms with Gasteiger partial charge in [0.2, 0.25) is 0 Å². The Labute approximate surface area is 130 Å². The molecule has 2 saturated heterocycles. The molecule has 0 radical (unpaired) electrons. The number of benzene rings is 1. The molecule has 2 aliphatic rings. The summed E-state index contributed by atoms with van der Waals surface area (Å²) in [5.74, 6) is 0.805. The summed E-state index contributed by atoms with van der Waals surface area (Å²) in [7, 11) is 2.23. The van der Waals surface area contributed by atoms with Crippen molar-refractivity contribution >= 4 is 10.9 Å². The third-order valence-electron chi connectivity index (χ3n) is 5.34. The molecule has 0 amide bonds. The average molecular weight is 297 g/mol. The maximum absolute atomic E-state index is 12.3. The molecule has 4 nitrogen and oxygen atoms in total. The van der Waals surface area contributed by atoms with E-state index in [0.717, 1.165) is 47.7 Å². The van der Waals surface area contributed by atoms with Crippen LogP contribution in [0.1, 0.15) is 17.7 Å². The molecule has 22 heavy (non-hydrogen) atoms. The van der Waals surface area contributed by atoms with Gasteiger partial charge in [-0.3, -0.25) is 9.69 Å². The summed E-state index contributed by atoms with van der Waals surface area (Å²) < 4.78 is 0. The molecule has 116 valence electrons. The number of H-pyrrole nitrogens is 1. The van der Waals surface area contributed by atoms with E-state index in [4.69, 9.17) is 0 Å². The van der Waals surface area contributed by atoms with Gasteiger partial charge >= 0.3 is 0 Å². The van der Waals surface area contributed by atoms with Gasteiger partial charge in [0.15, 0.2) is 5.43 Å². The number of hydrogen-bond acceptors (Lipinski definition) is 3. The van der Waals surface area contributed by atoms with Crippen molar-refractivity contribution < 1.29 is 0 Å². The highest BCUT2D eigenvalue weighted by atomic mass is 16.1. The Kier molecular flexibility index (Phi) is 3.31. The Morgan fingerprint density at radius 2 is 2.14 bits per heavy atom. The monoisotopic (exact) mass is 297 g/mol. The molecule has 0 bridgehead atoms. The maximum Gasteiger partial charge on any atom is 0.189 e. The third-order valence-corrected chi connectivity index (χ3v) is 5.34. The molecule has 2 atom stereocenters. The maximum atomic E-state index is 12.3. The molecule has 0 spiro atoms. The average Bonchev–Trinajstić information content (AvgIpc) is 3.02. The van der Waals surface area contributed by atoms with Crippen molar-refractivity contribution in [3.05, 3.63) is 45.7 Å². The lowest BCUT2D eigenvalue weighted by Gasteiger charge is -2.20. The second kappa shape index (κ2) is 5.21. The number of aromatic amines is 1. The first-order valence-electron chi connectivity index (χ1n) is 8.15. The van der Waals surface area contributed by atoms with Crippen LogP contribution in [0.5, 0.6) is 0 Å². The predicted octanol–water partition coefficient (Wildman–Crippen LogP) is 1.97. The van der Waals surface area contributed by atoms with Crippen molar-refractivity contribution in [3.8, 4) is 0 Å². The van der Waals surface area contributed by atoms with Gasteiger partial charge in [0.1, 0.15) is 0 Å². The SMILES string of the molecule is Cc1ccc2[nH]c(CN3C[C@@H]4CCN(C)[C@@H]4C3)cc(=O)c2c1. The third kappa shape index (κ3) is 2.36. The van der Waals surface area contributed by atoms with Crippen LogP contribution >= 0.6 is 0 Å². The van der Waals surface area contributed by atoms with Crippen LogP contribution < -0.4 is 5.43 Å². The molecule has 0 saturated carbocycles. The van der Waals surface area contributed by atoms with Crippen LogP contribution in [0.15, 0.2) is 29.1 Å². The molecule has 4 heteroatoms.